The number of hydrogen-bond donors (Lipinski definition) is 1. The van der Waals surface area contributed by atoms with Gasteiger partial charge in [0.05, 0.1) is 29.8 Å². The highest BCUT2D eigenvalue weighted by molar-refractivity contribution is 7.93. The third-order valence-corrected chi connectivity index (χ3v) is 10.6. The maximum atomic E-state index is 15.6. The number of hydrogen-bond acceptors (Lipinski definition) is 7. The number of nitrogens with zero attached hydrogens (tertiary/aromatic N) is 2. The standard InChI is InChI=1S/C30H36FN3O7S2/c1-30(2,3)41-29(35)33(4)17-21-15-27(24-14-11-22(16-25(24)31)40-19-20-9-10-20)34(18-21)43(38,39)28-8-6-5-7-26(28)32-42(36,37)23-12-13-23/h5-8,11,14-16,18,20,23,32H,9-10,12-13,17,19H2,1-4H3. The summed E-state index contributed by atoms with van der Waals surface area (Å²) in [6.07, 6.45) is 3.83. The molecule has 0 bridgehead atoms. The van der Waals surface area contributed by atoms with Crippen molar-refractivity contribution in [2.24, 2.45) is 5.92 Å². The summed E-state index contributed by atoms with van der Waals surface area (Å²) in [6.45, 7) is 5.64. The Balaban J connectivity index is 1.55. The molecule has 2 aromatic carbocycles. The summed E-state index contributed by atoms with van der Waals surface area (Å²) in [6, 6.07) is 11.4. The van der Waals surface area contributed by atoms with Crippen LogP contribution in [-0.4, -0.2) is 56.3 Å². The highest BCUT2D eigenvalue weighted by atomic mass is 32.2. The number of ether oxygens (including phenoxy) is 2. The van der Waals surface area contributed by atoms with Crippen LogP contribution in [0.1, 0.15) is 52.0 Å². The second kappa shape index (κ2) is 11.5. The quantitative estimate of drug-likeness (QED) is 0.292. The van der Waals surface area contributed by atoms with Crippen molar-refractivity contribution in [2.45, 2.75) is 68.7 Å². The summed E-state index contributed by atoms with van der Waals surface area (Å²) in [4.78, 5) is 13.6. The molecule has 0 aliphatic heterocycles. The van der Waals surface area contributed by atoms with Crippen LogP contribution >= 0.6 is 0 Å². The van der Waals surface area contributed by atoms with Crippen LogP contribution in [0, 0.1) is 11.7 Å². The molecule has 1 amide bonds. The molecule has 2 aliphatic carbocycles. The summed E-state index contributed by atoms with van der Waals surface area (Å²) in [5.41, 5.74) is -0.471. The number of carbonyl (C=O) groups excluding carboxylic acids is 1. The number of carbonyl (C=O) groups is 1. The van der Waals surface area contributed by atoms with Crippen LogP contribution in [0.25, 0.3) is 11.3 Å². The van der Waals surface area contributed by atoms with Gasteiger partial charge in [-0.15, -0.1) is 0 Å². The number of para-hydroxylation sites is 1. The maximum Gasteiger partial charge on any atom is 0.410 e. The minimum absolute atomic E-state index is 0.00122. The summed E-state index contributed by atoms with van der Waals surface area (Å²) in [7, 11) is -6.74. The van der Waals surface area contributed by atoms with Gasteiger partial charge in [-0.3, -0.25) is 4.72 Å². The lowest BCUT2D eigenvalue weighted by atomic mass is 10.1. The molecular formula is C30H36FN3O7S2. The molecule has 1 heterocycles. The fourth-order valence-electron chi connectivity index (χ4n) is 4.45. The third kappa shape index (κ3) is 7.32. The number of halogens is 1. The minimum atomic E-state index is -4.47. The molecule has 1 N–H and O–H groups in total. The van der Waals surface area contributed by atoms with E-state index in [9.17, 15) is 21.6 Å². The molecule has 0 radical (unpaired) electrons. The summed E-state index contributed by atoms with van der Waals surface area (Å²) < 4.78 is 83.8. The first-order valence-corrected chi connectivity index (χ1v) is 17.1. The smallest absolute Gasteiger partial charge is 0.410 e. The van der Waals surface area contributed by atoms with E-state index >= 15 is 4.39 Å². The number of anilines is 1. The van der Waals surface area contributed by atoms with Crippen molar-refractivity contribution in [3.8, 4) is 17.0 Å². The summed E-state index contributed by atoms with van der Waals surface area (Å²) >= 11 is 0. The summed E-state index contributed by atoms with van der Waals surface area (Å²) in [5.74, 6) is 0.100. The molecule has 1 aromatic heterocycles. The van der Waals surface area contributed by atoms with Gasteiger partial charge in [-0.1, -0.05) is 12.1 Å². The molecule has 0 atom stereocenters. The van der Waals surface area contributed by atoms with Crippen molar-refractivity contribution in [3.63, 3.8) is 0 Å². The number of benzene rings is 2. The van der Waals surface area contributed by atoms with Crippen LogP contribution in [-0.2, 0) is 31.3 Å². The molecule has 0 unspecified atom stereocenters. The van der Waals surface area contributed by atoms with E-state index in [0.29, 0.717) is 36.7 Å². The van der Waals surface area contributed by atoms with Crippen molar-refractivity contribution in [2.75, 3.05) is 18.4 Å². The Morgan fingerprint density at radius 2 is 1.74 bits per heavy atom. The number of amides is 1. The number of aromatic nitrogens is 1. The van der Waals surface area contributed by atoms with E-state index in [2.05, 4.69) is 4.72 Å². The molecule has 2 saturated carbocycles. The first kappa shape index (κ1) is 30.9. The topological polar surface area (TPSA) is 124 Å². The lowest BCUT2D eigenvalue weighted by Crippen LogP contribution is -2.33. The van der Waals surface area contributed by atoms with Gasteiger partial charge in [-0.2, -0.15) is 0 Å². The zero-order valence-corrected chi connectivity index (χ0v) is 26.2. The Bertz CT molecular complexity index is 1740. The van der Waals surface area contributed by atoms with Crippen molar-refractivity contribution >= 4 is 31.8 Å². The molecule has 43 heavy (non-hydrogen) atoms. The maximum absolute atomic E-state index is 15.6. The Labute approximate surface area is 251 Å². The molecule has 2 aliphatic rings. The van der Waals surface area contributed by atoms with Crippen LogP contribution in [0.5, 0.6) is 5.75 Å². The molecule has 2 fully saturated rings. The first-order chi connectivity index (χ1) is 20.1. The van der Waals surface area contributed by atoms with Gasteiger partial charge in [0.2, 0.25) is 10.0 Å². The lowest BCUT2D eigenvalue weighted by Gasteiger charge is -2.24. The van der Waals surface area contributed by atoms with Gasteiger partial charge in [-0.05, 0) is 88.3 Å². The second-order valence-electron chi connectivity index (χ2n) is 12.1. The van der Waals surface area contributed by atoms with Crippen molar-refractivity contribution < 1.29 is 35.5 Å². The van der Waals surface area contributed by atoms with Crippen LogP contribution in [0.3, 0.4) is 0 Å². The largest absolute Gasteiger partial charge is 0.493 e. The van der Waals surface area contributed by atoms with E-state index in [0.717, 1.165) is 16.8 Å². The highest BCUT2D eigenvalue weighted by Crippen LogP contribution is 2.36. The van der Waals surface area contributed by atoms with E-state index in [1.165, 1.54) is 60.6 Å². The van der Waals surface area contributed by atoms with Crippen LogP contribution < -0.4 is 9.46 Å². The zero-order valence-electron chi connectivity index (χ0n) is 24.5. The normalized spacial score (nSPS) is 15.7. The SMILES string of the molecule is CN(Cc1cc(-c2ccc(OCC3CC3)cc2F)n(S(=O)(=O)c2ccccc2NS(=O)(=O)C2CC2)c1)C(=O)OC(C)(C)C. The average molecular weight is 634 g/mol. The van der Waals surface area contributed by atoms with Crippen LogP contribution in [0.4, 0.5) is 14.9 Å². The fourth-order valence-corrected chi connectivity index (χ4v) is 7.46. The first-order valence-electron chi connectivity index (χ1n) is 14.1. The molecule has 232 valence electrons. The van der Waals surface area contributed by atoms with Gasteiger partial charge in [0.15, 0.2) is 0 Å². The molecule has 10 nitrogen and oxygen atoms in total. The van der Waals surface area contributed by atoms with E-state index in [-0.39, 0.29) is 28.4 Å². The van der Waals surface area contributed by atoms with Crippen LogP contribution in [0.15, 0.2) is 59.6 Å². The van der Waals surface area contributed by atoms with Gasteiger partial charge in [0, 0.05) is 24.9 Å². The van der Waals surface area contributed by atoms with Crippen molar-refractivity contribution in [1.29, 1.82) is 0 Å². The molecule has 0 saturated heterocycles. The Morgan fingerprint density at radius 3 is 2.37 bits per heavy atom. The van der Waals surface area contributed by atoms with Crippen molar-refractivity contribution in [1.82, 2.24) is 8.87 Å². The van der Waals surface area contributed by atoms with Crippen molar-refractivity contribution in [3.05, 3.63) is 66.1 Å². The molecular weight excluding hydrogens is 597 g/mol. The van der Waals surface area contributed by atoms with Gasteiger partial charge in [-0.25, -0.2) is 30.0 Å². The summed E-state index contributed by atoms with van der Waals surface area (Å²) in [5, 5.41) is -0.574. The molecule has 0 spiro atoms. The molecule has 5 rings (SSSR count). The van der Waals surface area contributed by atoms with Gasteiger partial charge in [0.1, 0.15) is 22.1 Å². The van der Waals surface area contributed by atoms with Crippen LogP contribution in [0.2, 0.25) is 0 Å². The Hall–Kier alpha value is -3.58. The van der Waals surface area contributed by atoms with Gasteiger partial charge < -0.3 is 14.4 Å². The number of rotatable bonds is 11. The monoisotopic (exact) mass is 633 g/mol. The van der Waals surface area contributed by atoms with E-state index in [4.69, 9.17) is 9.47 Å². The van der Waals surface area contributed by atoms with Gasteiger partial charge >= 0.3 is 6.09 Å². The van der Waals surface area contributed by atoms with Gasteiger partial charge in [0.25, 0.3) is 10.0 Å². The highest BCUT2D eigenvalue weighted by Gasteiger charge is 2.37. The number of sulfonamides is 1. The predicted molar refractivity (Wildman–Crippen MR) is 160 cm³/mol. The minimum Gasteiger partial charge on any atom is -0.493 e. The Morgan fingerprint density at radius 1 is 1.05 bits per heavy atom. The van der Waals surface area contributed by atoms with E-state index in [1.54, 1.807) is 26.8 Å². The number of nitrogens with one attached hydrogen (secondary N) is 1. The average Bonchev–Trinajstić information content (AvgIpc) is 3.84. The van der Waals surface area contributed by atoms with E-state index < -0.39 is 42.8 Å². The fraction of sp³-hybridized carbons (Fsp3) is 0.433. The molecule has 3 aromatic rings. The Kier molecular flexibility index (Phi) is 8.25. The predicted octanol–water partition coefficient (Wildman–Crippen LogP) is 5.59. The lowest BCUT2D eigenvalue weighted by molar-refractivity contribution is 0.0285. The second-order valence-corrected chi connectivity index (χ2v) is 15.9. The molecule has 13 heteroatoms. The zero-order chi connectivity index (χ0) is 31.2. The third-order valence-electron chi connectivity index (χ3n) is 7.01. The van der Waals surface area contributed by atoms with E-state index in [1.807, 2.05) is 0 Å².